The van der Waals surface area contributed by atoms with Crippen LogP contribution >= 0.6 is 22.7 Å². The molecule has 1 aromatic carbocycles. The Morgan fingerprint density at radius 1 is 0.970 bits per heavy atom. The second-order valence-corrected chi connectivity index (χ2v) is 9.93. The fourth-order valence-electron chi connectivity index (χ4n) is 4.25. The predicted octanol–water partition coefficient (Wildman–Crippen LogP) is 4.97. The van der Waals surface area contributed by atoms with Crippen LogP contribution in [0.2, 0.25) is 0 Å². The van der Waals surface area contributed by atoms with Crippen molar-refractivity contribution in [3.05, 3.63) is 98.7 Å². The Morgan fingerprint density at radius 3 is 2.52 bits per heavy atom. The smallest absolute Gasteiger partial charge is 0.255 e. The van der Waals surface area contributed by atoms with E-state index in [1.807, 2.05) is 40.4 Å². The van der Waals surface area contributed by atoms with E-state index in [-0.39, 0.29) is 5.56 Å². The fourth-order valence-corrected chi connectivity index (χ4v) is 5.66. The summed E-state index contributed by atoms with van der Waals surface area (Å²) in [6, 6.07) is 18.3. The summed E-state index contributed by atoms with van der Waals surface area (Å²) in [7, 11) is 0. The molecule has 6 nitrogen and oxygen atoms in total. The molecule has 1 aliphatic heterocycles. The molecule has 0 unspecified atom stereocenters. The van der Waals surface area contributed by atoms with Gasteiger partial charge in [-0.15, -0.1) is 22.7 Å². The third-order valence-electron chi connectivity index (χ3n) is 5.86. The molecular weight excluding hydrogens is 450 g/mol. The van der Waals surface area contributed by atoms with E-state index in [1.165, 1.54) is 0 Å². The number of nitrogens with zero attached hydrogens (tertiary/aromatic N) is 4. The molecule has 1 N–H and O–H groups in total. The number of aromatic amines is 1. The zero-order chi connectivity index (χ0) is 22.2. The van der Waals surface area contributed by atoms with Crippen LogP contribution < -0.4 is 5.56 Å². The maximum absolute atomic E-state index is 12.9. The van der Waals surface area contributed by atoms with Gasteiger partial charge in [0.15, 0.2) is 5.82 Å². The first-order chi connectivity index (χ1) is 16.2. The first kappa shape index (κ1) is 20.3. The van der Waals surface area contributed by atoms with Gasteiger partial charge in [0.1, 0.15) is 5.69 Å². The summed E-state index contributed by atoms with van der Waals surface area (Å²) in [5.74, 6) is 0.673. The van der Waals surface area contributed by atoms with Crippen molar-refractivity contribution in [2.45, 2.75) is 19.5 Å². The Kier molecular flexibility index (Phi) is 5.26. The molecule has 164 valence electrons. The average Bonchev–Trinajstić information content (AvgIpc) is 3.61. The van der Waals surface area contributed by atoms with Gasteiger partial charge in [0.05, 0.1) is 26.7 Å². The first-order valence-corrected chi connectivity index (χ1v) is 12.6. The number of benzene rings is 1. The summed E-state index contributed by atoms with van der Waals surface area (Å²) in [4.78, 5) is 25.1. The number of rotatable bonds is 5. The van der Waals surface area contributed by atoms with Gasteiger partial charge in [-0.2, -0.15) is 5.10 Å². The van der Waals surface area contributed by atoms with Gasteiger partial charge in [-0.1, -0.05) is 30.3 Å². The Hall–Kier alpha value is -3.33. The van der Waals surface area contributed by atoms with Gasteiger partial charge in [-0.3, -0.25) is 9.69 Å². The van der Waals surface area contributed by atoms with E-state index in [0.29, 0.717) is 12.4 Å². The van der Waals surface area contributed by atoms with Crippen LogP contribution in [0.5, 0.6) is 0 Å². The molecule has 1 aliphatic rings. The van der Waals surface area contributed by atoms with Crippen molar-refractivity contribution in [3.8, 4) is 27.0 Å². The molecule has 0 bridgehead atoms. The molecule has 0 saturated carbocycles. The number of thiophene rings is 2. The molecule has 0 atom stereocenters. The highest BCUT2D eigenvalue weighted by atomic mass is 32.1. The van der Waals surface area contributed by atoms with Gasteiger partial charge >= 0.3 is 0 Å². The van der Waals surface area contributed by atoms with Crippen LogP contribution in [0.4, 0.5) is 0 Å². The third kappa shape index (κ3) is 3.97. The van der Waals surface area contributed by atoms with E-state index in [1.54, 1.807) is 22.7 Å². The molecular formula is C25H21N5OS2. The molecule has 5 heterocycles. The van der Waals surface area contributed by atoms with Crippen molar-refractivity contribution in [3.63, 3.8) is 0 Å². The molecule has 6 rings (SSSR count). The van der Waals surface area contributed by atoms with Crippen LogP contribution in [0.25, 0.3) is 27.0 Å². The predicted molar refractivity (Wildman–Crippen MR) is 133 cm³/mol. The molecule has 0 saturated heterocycles. The number of hydrogen-bond donors (Lipinski definition) is 1. The molecule has 0 amide bonds. The summed E-state index contributed by atoms with van der Waals surface area (Å²) in [5.41, 5.74) is 4.84. The second-order valence-electron chi connectivity index (χ2n) is 8.04. The minimum atomic E-state index is -0.0356. The van der Waals surface area contributed by atoms with Gasteiger partial charge in [-0.05, 0) is 35.0 Å². The number of para-hydroxylation sites is 1. The van der Waals surface area contributed by atoms with Crippen LogP contribution in [0.15, 0.2) is 76.3 Å². The highest BCUT2D eigenvalue weighted by molar-refractivity contribution is 7.13. The van der Waals surface area contributed by atoms with Gasteiger partial charge in [0, 0.05) is 37.8 Å². The molecule has 5 aromatic rings. The van der Waals surface area contributed by atoms with Crippen molar-refractivity contribution in [1.82, 2.24) is 24.6 Å². The molecule has 8 heteroatoms. The average molecular weight is 472 g/mol. The number of aromatic nitrogens is 4. The molecule has 33 heavy (non-hydrogen) atoms. The number of fused-ring (bicyclic) bond motifs is 1. The second kappa shape index (κ2) is 8.55. The van der Waals surface area contributed by atoms with Gasteiger partial charge in [0.25, 0.3) is 5.56 Å². The third-order valence-corrected chi connectivity index (χ3v) is 7.61. The van der Waals surface area contributed by atoms with Gasteiger partial charge in [-0.25, -0.2) is 9.67 Å². The van der Waals surface area contributed by atoms with Gasteiger partial charge < -0.3 is 4.98 Å². The quantitative estimate of drug-likeness (QED) is 0.393. The maximum atomic E-state index is 12.9. The lowest BCUT2D eigenvalue weighted by Gasteiger charge is -2.27. The van der Waals surface area contributed by atoms with Crippen LogP contribution in [0.3, 0.4) is 0 Å². The standard InChI is InChI=1S/C25H21N5OS2/c31-25-19-16-29(11-10-20(19)26-24(27-25)22-9-5-13-33-22)14-17-15-30(18-6-2-1-3-7-18)28-23(17)21-8-4-12-32-21/h1-9,12-13,15H,10-11,14,16H2,(H,26,27,31). The molecule has 0 spiro atoms. The number of hydrogen-bond acceptors (Lipinski definition) is 6. The summed E-state index contributed by atoms with van der Waals surface area (Å²) in [6.45, 7) is 2.17. The van der Waals surface area contributed by atoms with Crippen LogP contribution in [-0.4, -0.2) is 31.2 Å². The van der Waals surface area contributed by atoms with E-state index >= 15 is 0 Å². The summed E-state index contributed by atoms with van der Waals surface area (Å²) < 4.78 is 1.95. The highest BCUT2D eigenvalue weighted by Gasteiger charge is 2.24. The molecule has 0 fully saturated rings. The van der Waals surface area contributed by atoms with Crippen molar-refractivity contribution < 1.29 is 0 Å². The minimum Gasteiger partial charge on any atom is -0.306 e. The van der Waals surface area contributed by atoms with Crippen molar-refractivity contribution in [2.75, 3.05) is 6.54 Å². The monoisotopic (exact) mass is 471 g/mol. The van der Waals surface area contributed by atoms with E-state index in [4.69, 9.17) is 10.1 Å². The van der Waals surface area contributed by atoms with Crippen LogP contribution in [-0.2, 0) is 19.5 Å². The van der Waals surface area contributed by atoms with Crippen molar-refractivity contribution >= 4 is 22.7 Å². The Balaban J connectivity index is 1.30. The van der Waals surface area contributed by atoms with Crippen molar-refractivity contribution in [2.24, 2.45) is 0 Å². The zero-order valence-electron chi connectivity index (χ0n) is 17.8. The lowest BCUT2D eigenvalue weighted by molar-refractivity contribution is 0.242. The Morgan fingerprint density at radius 2 is 1.76 bits per heavy atom. The van der Waals surface area contributed by atoms with E-state index < -0.39 is 0 Å². The normalized spacial score (nSPS) is 13.8. The fraction of sp³-hybridized carbons (Fsp3) is 0.160. The first-order valence-electron chi connectivity index (χ1n) is 10.8. The van der Waals surface area contributed by atoms with Crippen LogP contribution in [0.1, 0.15) is 16.8 Å². The lowest BCUT2D eigenvalue weighted by Crippen LogP contribution is -2.35. The molecule has 0 radical (unpaired) electrons. The number of nitrogens with one attached hydrogen (secondary N) is 1. The summed E-state index contributed by atoms with van der Waals surface area (Å²) >= 11 is 3.28. The SMILES string of the molecule is O=c1[nH]c(-c2cccs2)nc2c1CN(Cc1cn(-c3ccccc3)nc1-c1cccs1)CC2. The van der Waals surface area contributed by atoms with E-state index in [2.05, 4.69) is 45.7 Å². The highest BCUT2D eigenvalue weighted by Crippen LogP contribution is 2.30. The summed E-state index contributed by atoms with van der Waals surface area (Å²) in [6.07, 6.45) is 2.88. The van der Waals surface area contributed by atoms with Crippen LogP contribution in [0, 0.1) is 0 Å². The zero-order valence-corrected chi connectivity index (χ0v) is 19.4. The topological polar surface area (TPSA) is 66.8 Å². The Labute approximate surface area is 198 Å². The van der Waals surface area contributed by atoms with Crippen molar-refractivity contribution in [1.29, 1.82) is 0 Å². The largest absolute Gasteiger partial charge is 0.306 e. The summed E-state index contributed by atoms with van der Waals surface area (Å²) in [5, 5.41) is 8.99. The minimum absolute atomic E-state index is 0.0356. The lowest BCUT2D eigenvalue weighted by atomic mass is 10.1. The van der Waals surface area contributed by atoms with E-state index in [0.717, 1.165) is 57.5 Å². The number of H-pyrrole nitrogens is 1. The molecule has 4 aromatic heterocycles. The van der Waals surface area contributed by atoms with Gasteiger partial charge in [0.2, 0.25) is 0 Å². The molecule has 0 aliphatic carbocycles. The Bertz CT molecular complexity index is 1440. The van der Waals surface area contributed by atoms with E-state index in [9.17, 15) is 4.79 Å². The maximum Gasteiger partial charge on any atom is 0.255 e.